The number of hydrogen-bond donors (Lipinski definition) is 3. The number of nitrogens with one attached hydrogen (secondary N) is 3. The average molecular weight is 505 g/mol. The van der Waals surface area contributed by atoms with Gasteiger partial charge in [-0.3, -0.25) is 9.79 Å². The molecule has 0 unspecified atom stereocenters. The van der Waals surface area contributed by atoms with Crippen LogP contribution in [-0.2, 0) is 11.3 Å². The summed E-state index contributed by atoms with van der Waals surface area (Å²) in [6, 6.07) is 4.42. The van der Waals surface area contributed by atoms with Crippen LogP contribution in [-0.4, -0.2) is 38.6 Å². The summed E-state index contributed by atoms with van der Waals surface area (Å²) in [4.78, 5) is 15.5. The molecule has 0 aliphatic rings. The molecule has 1 amide bonds. The van der Waals surface area contributed by atoms with Gasteiger partial charge in [0.2, 0.25) is 5.91 Å². The number of hydrogen-bond acceptors (Lipinski definition) is 3. The van der Waals surface area contributed by atoms with Gasteiger partial charge in [-0.25, -0.2) is 0 Å². The molecule has 0 aromatic heterocycles. The average Bonchev–Trinajstić information content (AvgIpc) is 2.55. The van der Waals surface area contributed by atoms with E-state index in [4.69, 9.17) is 11.6 Å². The molecule has 0 fully saturated rings. The molecular formula is C16H24ClF2IN4O2. The molecule has 0 atom stereocenters. The van der Waals surface area contributed by atoms with Crippen LogP contribution in [0.5, 0.6) is 5.75 Å². The number of halogens is 4. The monoisotopic (exact) mass is 504 g/mol. The van der Waals surface area contributed by atoms with Crippen LogP contribution in [0.3, 0.4) is 0 Å². The van der Waals surface area contributed by atoms with Gasteiger partial charge in [-0.15, -0.1) is 24.0 Å². The Bertz CT molecular complexity index is 604. The zero-order valence-electron chi connectivity index (χ0n) is 14.8. The third kappa shape index (κ3) is 9.37. The van der Waals surface area contributed by atoms with Crippen LogP contribution in [0.2, 0.25) is 5.02 Å². The molecule has 0 saturated heterocycles. The highest BCUT2D eigenvalue weighted by Crippen LogP contribution is 2.24. The lowest BCUT2D eigenvalue weighted by molar-refractivity contribution is -0.123. The highest BCUT2D eigenvalue weighted by Gasteiger charge is 2.11. The van der Waals surface area contributed by atoms with E-state index >= 15 is 0 Å². The van der Waals surface area contributed by atoms with E-state index in [1.807, 2.05) is 13.8 Å². The fourth-order valence-corrected chi connectivity index (χ4v) is 2.06. The summed E-state index contributed by atoms with van der Waals surface area (Å²) in [5.74, 6) is 0.402. The fraction of sp³-hybridized carbons (Fsp3) is 0.500. The molecule has 26 heavy (non-hydrogen) atoms. The fourth-order valence-electron chi connectivity index (χ4n) is 1.87. The zero-order valence-corrected chi connectivity index (χ0v) is 17.9. The number of carbonyl (C=O) groups excluding carboxylic acids is 1. The van der Waals surface area contributed by atoms with E-state index in [0.717, 1.165) is 0 Å². The molecule has 1 aromatic rings. The summed E-state index contributed by atoms with van der Waals surface area (Å²) < 4.78 is 29.4. The second kappa shape index (κ2) is 12.9. The second-order valence-corrected chi connectivity index (χ2v) is 5.87. The van der Waals surface area contributed by atoms with E-state index in [1.54, 1.807) is 13.1 Å². The van der Waals surface area contributed by atoms with Crippen LogP contribution in [0.1, 0.15) is 19.4 Å². The lowest BCUT2D eigenvalue weighted by atomic mass is 10.2. The molecule has 0 aliphatic carbocycles. The van der Waals surface area contributed by atoms with Crippen molar-refractivity contribution in [2.45, 2.75) is 27.0 Å². The summed E-state index contributed by atoms with van der Waals surface area (Å²) in [5, 5.41) is 9.17. The Labute approximate surface area is 174 Å². The summed E-state index contributed by atoms with van der Waals surface area (Å²) in [7, 11) is 1.58. The molecule has 0 heterocycles. The molecular weight excluding hydrogens is 481 g/mol. The normalized spacial score (nSPS) is 11.2. The largest absolute Gasteiger partial charge is 0.434 e. The van der Waals surface area contributed by atoms with Crippen molar-refractivity contribution in [1.82, 2.24) is 16.0 Å². The number of guanidine groups is 1. The summed E-state index contributed by atoms with van der Waals surface area (Å²) in [6.45, 7) is 1.81. The number of ether oxygens (including phenoxy) is 1. The lowest BCUT2D eigenvalue weighted by Gasteiger charge is -2.15. The summed E-state index contributed by atoms with van der Waals surface area (Å²) >= 11 is 5.90. The van der Waals surface area contributed by atoms with Gasteiger partial charge in [-0.05, 0) is 18.2 Å². The Hall–Kier alpha value is -1.36. The molecule has 0 aliphatic heterocycles. The number of rotatable bonds is 8. The predicted molar refractivity (Wildman–Crippen MR) is 110 cm³/mol. The minimum absolute atomic E-state index is 0. The number of carbonyl (C=O) groups is 1. The predicted octanol–water partition coefficient (Wildman–Crippen LogP) is 3.00. The minimum Gasteiger partial charge on any atom is -0.434 e. The van der Waals surface area contributed by atoms with Gasteiger partial charge >= 0.3 is 6.61 Å². The molecule has 148 valence electrons. The van der Waals surface area contributed by atoms with Gasteiger partial charge in [0.1, 0.15) is 5.75 Å². The van der Waals surface area contributed by atoms with Crippen molar-refractivity contribution in [1.29, 1.82) is 0 Å². The SMILES string of the molecule is CN=C(NCCNC(=O)C(C)C)NCc1cc(Cl)ccc1OC(F)F.I. The maximum atomic E-state index is 12.4. The summed E-state index contributed by atoms with van der Waals surface area (Å²) in [6.07, 6.45) is 0. The van der Waals surface area contributed by atoms with Gasteiger partial charge in [-0.2, -0.15) is 8.78 Å². The quantitative estimate of drug-likeness (QED) is 0.220. The Morgan fingerprint density at radius 1 is 1.23 bits per heavy atom. The molecule has 1 rings (SSSR count). The number of amides is 1. The summed E-state index contributed by atoms with van der Waals surface area (Å²) in [5.41, 5.74) is 0.476. The van der Waals surface area contributed by atoms with Crippen molar-refractivity contribution in [3.63, 3.8) is 0 Å². The third-order valence-electron chi connectivity index (χ3n) is 3.15. The van der Waals surface area contributed by atoms with Crippen molar-refractivity contribution < 1.29 is 18.3 Å². The molecule has 10 heteroatoms. The van der Waals surface area contributed by atoms with E-state index in [1.165, 1.54) is 12.1 Å². The standard InChI is InChI=1S/C16H23ClF2N4O2.HI/c1-10(2)14(24)21-6-7-22-16(20-3)23-9-11-8-12(17)4-5-13(11)25-15(18)19;/h4-5,8,10,15H,6-7,9H2,1-3H3,(H,21,24)(H2,20,22,23);1H. The van der Waals surface area contributed by atoms with E-state index in [-0.39, 0.29) is 48.1 Å². The minimum atomic E-state index is -2.91. The topological polar surface area (TPSA) is 74.8 Å². The molecule has 0 saturated carbocycles. The van der Waals surface area contributed by atoms with Crippen LogP contribution >= 0.6 is 35.6 Å². The smallest absolute Gasteiger partial charge is 0.387 e. The second-order valence-electron chi connectivity index (χ2n) is 5.43. The van der Waals surface area contributed by atoms with Gasteiger partial charge in [0.15, 0.2) is 5.96 Å². The third-order valence-corrected chi connectivity index (χ3v) is 3.38. The molecule has 6 nitrogen and oxygen atoms in total. The van der Waals surface area contributed by atoms with Gasteiger partial charge in [0, 0.05) is 43.2 Å². The van der Waals surface area contributed by atoms with E-state index in [2.05, 4.69) is 25.7 Å². The molecule has 3 N–H and O–H groups in total. The molecule has 1 aromatic carbocycles. The van der Waals surface area contributed by atoms with Crippen molar-refractivity contribution in [2.24, 2.45) is 10.9 Å². The van der Waals surface area contributed by atoms with Gasteiger partial charge in [0.05, 0.1) is 0 Å². The van der Waals surface area contributed by atoms with Crippen LogP contribution < -0.4 is 20.7 Å². The van der Waals surface area contributed by atoms with Gasteiger partial charge < -0.3 is 20.7 Å². The number of alkyl halides is 2. The highest BCUT2D eigenvalue weighted by molar-refractivity contribution is 14.0. The Morgan fingerprint density at radius 3 is 2.46 bits per heavy atom. The molecule has 0 radical (unpaired) electrons. The van der Waals surface area contributed by atoms with Gasteiger partial charge in [-0.1, -0.05) is 25.4 Å². The highest BCUT2D eigenvalue weighted by atomic mass is 127. The van der Waals surface area contributed by atoms with Crippen molar-refractivity contribution in [3.8, 4) is 5.75 Å². The first kappa shape index (κ1) is 24.6. The van der Waals surface area contributed by atoms with Crippen molar-refractivity contribution >= 4 is 47.4 Å². The van der Waals surface area contributed by atoms with Crippen LogP contribution in [0, 0.1) is 5.92 Å². The van der Waals surface area contributed by atoms with Crippen LogP contribution in [0.15, 0.2) is 23.2 Å². The Balaban J connectivity index is 0.00000625. The number of nitrogens with zero attached hydrogens (tertiary/aromatic N) is 1. The first-order chi connectivity index (χ1) is 11.8. The zero-order chi connectivity index (χ0) is 18.8. The van der Waals surface area contributed by atoms with Crippen LogP contribution in [0.25, 0.3) is 0 Å². The molecule has 0 spiro atoms. The van der Waals surface area contributed by atoms with E-state index in [0.29, 0.717) is 29.6 Å². The first-order valence-corrected chi connectivity index (χ1v) is 8.16. The Morgan fingerprint density at radius 2 is 1.88 bits per heavy atom. The lowest BCUT2D eigenvalue weighted by Crippen LogP contribution is -2.41. The Kier molecular flexibility index (Phi) is 12.2. The first-order valence-electron chi connectivity index (χ1n) is 7.79. The van der Waals surface area contributed by atoms with Crippen LogP contribution in [0.4, 0.5) is 8.78 Å². The number of benzene rings is 1. The van der Waals surface area contributed by atoms with Crippen molar-refractivity contribution in [3.05, 3.63) is 28.8 Å². The maximum Gasteiger partial charge on any atom is 0.387 e. The number of aliphatic imine (C=N–C) groups is 1. The van der Waals surface area contributed by atoms with E-state index < -0.39 is 6.61 Å². The van der Waals surface area contributed by atoms with Crippen molar-refractivity contribution in [2.75, 3.05) is 20.1 Å². The maximum absolute atomic E-state index is 12.4. The van der Waals surface area contributed by atoms with Gasteiger partial charge in [0.25, 0.3) is 0 Å². The molecule has 0 bridgehead atoms. The van der Waals surface area contributed by atoms with E-state index in [9.17, 15) is 13.6 Å².